The van der Waals surface area contributed by atoms with E-state index in [0.29, 0.717) is 0 Å². The molecular formula is C11H12N2. The highest BCUT2D eigenvalue weighted by Gasteiger charge is 2.25. The summed E-state index contributed by atoms with van der Waals surface area (Å²) >= 11 is 0. The highest BCUT2D eigenvalue weighted by Crippen LogP contribution is 2.29. The van der Waals surface area contributed by atoms with Gasteiger partial charge in [-0.3, -0.25) is 9.98 Å². The predicted molar refractivity (Wildman–Crippen MR) is 53.8 cm³/mol. The minimum atomic E-state index is -0.196. The summed E-state index contributed by atoms with van der Waals surface area (Å²) in [5, 5.41) is 0. The number of aliphatic imine (C=N–C) groups is 1. The van der Waals surface area contributed by atoms with Crippen LogP contribution < -0.4 is 0 Å². The number of hydrogen-bond acceptors (Lipinski definition) is 2. The SMILES string of the molecule is CC1=NC(C)(c2cccnc2)C=C1. The van der Waals surface area contributed by atoms with Crippen molar-refractivity contribution >= 4 is 5.71 Å². The van der Waals surface area contributed by atoms with Crippen molar-refractivity contribution in [2.75, 3.05) is 0 Å². The summed E-state index contributed by atoms with van der Waals surface area (Å²) < 4.78 is 0. The van der Waals surface area contributed by atoms with Gasteiger partial charge in [-0.05, 0) is 26.0 Å². The molecule has 1 aliphatic heterocycles. The maximum absolute atomic E-state index is 4.56. The van der Waals surface area contributed by atoms with Crippen LogP contribution in [0, 0.1) is 0 Å². The van der Waals surface area contributed by atoms with Crippen molar-refractivity contribution in [1.82, 2.24) is 4.98 Å². The number of pyridine rings is 1. The van der Waals surface area contributed by atoms with Crippen molar-refractivity contribution in [2.45, 2.75) is 19.4 Å². The standard InChI is InChI=1S/C11H12N2/c1-9-5-6-11(2,13-9)10-4-3-7-12-8-10/h3-8H,1-2H3. The Morgan fingerprint density at radius 3 is 2.77 bits per heavy atom. The lowest BCUT2D eigenvalue weighted by atomic mass is 9.95. The lowest BCUT2D eigenvalue weighted by Gasteiger charge is -2.18. The van der Waals surface area contributed by atoms with Gasteiger partial charge in [-0.15, -0.1) is 0 Å². The van der Waals surface area contributed by atoms with E-state index in [4.69, 9.17) is 0 Å². The molecule has 0 aliphatic carbocycles. The molecule has 0 saturated carbocycles. The molecule has 0 aromatic carbocycles. The van der Waals surface area contributed by atoms with Gasteiger partial charge in [0.15, 0.2) is 0 Å². The van der Waals surface area contributed by atoms with Gasteiger partial charge in [-0.25, -0.2) is 0 Å². The van der Waals surface area contributed by atoms with Crippen LogP contribution in [0.5, 0.6) is 0 Å². The lowest BCUT2D eigenvalue weighted by Crippen LogP contribution is -2.13. The Labute approximate surface area is 78.0 Å². The normalized spacial score (nSPS) is 26.2. The van der Waals surface area contributed by atoms with E-state index in [1.54, 1.807) is 6.20 Å². The molecule has 0 spiro atoms. The van der Waals surface area contributed by atoms with Crippen LogP contribution in [0.1, 0.15) is 19.4 Å². The van der Waals surface area contributed by atoms with E-state index in [0.717, 1.165) is 11.3 Å². The van der Waals surface area contributed by atoms with Crippen LogP contribution in [0.3, 0.4) is 0 Å². The Kier molecular flexibility index (Phi) is 1.76. The third kappa shape index (κ3) is 1.39. The molecule has 66 valence electrons. The fourth-order valence-corrected chi connectivity index (χ4v) is 1.55. The third-order valence-electron chi connectivity index (χ3n) is 2.30. The molecule has 1 aliphatic rings. The van der Waals surface area contributed by atoms with Gasteiger partial charge in [-0.1, -0.05) is 12.1 Å². The summed E-state index contributed by atoms with van der Waals surface area (Å²) in [7, 11) is 0. The number of nitrogens with zero attached hydrogens (tertiary/aromatic N) is 2. The van der Waals surface area contributed by atoms with Gasteiger partial charge in [0, 0.05) is 23.7 Å². The molecule has 0 bridgehead atoms. The minimum absolute atomic E-state index is 0.196. The molecule has 0 saturated heterocycles. The molecule has 13 heavy (non-hydrogen) atoms. The second-order valence-electron chi connectivity index (χ2n) is 3.48. The predicted octanol–water partition coefficient (Wildman–Crippen LogP) is 2.33. The second-order valence-corrected chi connectivity index (χ2v) is 3.48. The summed E-state index contributed by atoms with van der Waals surface area (Å²) in [6, 6.07) is 4.00. The highest BCUT2D eigenvalue weighted by atomic mass is 14.9. The summed E-state index contributed by atoms with van der Waals surface area (Å²) in [5.74, 6) is 0. The van der Waals surface area contributed by atoms with E-state index in [9.17, 15) is 0 Å². The first kappa shape index (κ1) is 8.17. The zero-order chi connectivity index (χ0) is 9.31. The first-order valence-electron chi connectivity index (χ1n) is 4.37. The number of allylic oxidation sites excluding steroid dienone is 1. The van der Waals surface area contributed by atoms with E-state index in [-0.39, 0.29) is 5.54 Å². The quantitative estimate of drug-likeness (QED) is 0.638. The van der Waals surface area contributed by atoms with Crippen molar-refractivity contribution in [3.05, 3.63) is 42.2 Å². The van der Waals surface area contributed by atoms with Gasteiger partial charge in [0.2, 0.25) is 0 Å². The Hall–Kier alpha value is -1.44. The molecule has 2 heterocycles. The second kappa shape index (κ2) is 2.80. The van der Waals surface area contributed by atoms with Gasteiger partial charge < -0.3 is 0 Å². The first-order chi connectivity index (χ1) is 6.21. The largest absolute Gasteiger partial charge is 0.275 e. The van der Waals surface area contributed by atoms with Gasteiger partial charge in [-0.2, -0.15) is 0 Å². The van der Waals surface area contributed by atoms with E-state index < -0.39 is 0 Å². The number of hydrogen-bond donors (Lipinski definition) is 0. The Balaban J connectivity index is 2.43. The van der Waals surface area contributed by atoms with E-state index in [1.165, 1.54) is 0 Å². The van der Waals surface area contributed by atoms with E-state index in [1.807, 2.05) is 25.3 Å². The van der Waals surface area contributed by atoms with Crippen LogP contribution in [-0.4, -0.2) is 10.7 Å². The van der Waals surface area contributed by atoms with Crippen LogP contribution in [0.15, 0.2) is 41.7 Å². The number of rotatable bonds is 1. The zero-order valence-electron chi connectivity index (χ0n) is 7.86. The van der Waals surface area contributed by atoms with Crippen molar-refractivity contribution in [1.29, 1.82) is 0 Å². The van der Waals surface area contributed by atoms with Gasteiger partial charge >= 0.3 is 0 Å². The monoisotopic (exact) mass is 172 g/mol. The topological polar surface area (TPSA) is 25.2 Å². The lowest BCUT2D eigenvalue weighted by molar-refractivity contribution is 0.642. The summed E-state index contributed by atoms with van der Waals surface area (Å²) in [5.41, 5.74) is 2.02. The molecule has 1 aromatic heterocycles. The van der Waals surface area contributed by atoms with Crippen molar-refractivity contribution < 1.29 is 0 Å². The summed E-state index contributed by atoms with van der Waals surface area (Å²) in [4.78, 5) is 8.65. The molecule has 2 rings (SSSR count). The van der Waals surface area contributed by atoms with E-state index in [2.05, 4.69) is 29.0 Å². The third-order valence-corrected chi connectivity index (χ3v) is 2.30. The fraction of sp³-hybridized carbons (Fsp3) is 0.273. The average molecular weight is 172 g/mol. The molecule has 1 unspecified atom stereocenters. The molecule has 1 atom stereocenters. The summed E-state index contributed by atoms with van der Waals surface area (Å²) in [6.07, 6.45) is 7.81. The molecule has 0 radical (unpaired) electrons. The molecule has 1 aromatic rings. The Morgan fingerprint density at radius 2 is 2.23 bits per heavy atom. The minimum Gasteiger partial charge on any atom is -0.275 e. The molecule has 2 nitrogen and oxygen atoms in total. The zero-order valence-corrected chi connectivity index (χ0v) is 7.86. The van der Waals surface area contributed by atoms with Gasteiger partial charge in [0.05, 0.1) is 0 Å². The fourth-order valence-electron chi connectivity index (χ4n) is 1.55. The Bertz CT molecular complexity index is 365. The molecule has 0 N–H and O–H groups in total. The van der Waals surface area contributed by atoms with Crippen molar-refractivity contribution in [3.63, 3.8) is 0 Å². The molecular weight excluding hydrogens is 160 g/mol. The first-order valence-corrected chi connectivity index (χ1v) is 4.37. The molecule has 0 amide bonds. The Morgan fingerprint density at radius 1 is 1.38 bits per heavy atom. The van der Waals surface area contributed by atoms with Crippen LogP contribution in [0.4, 0.5) is 0 Å². The van der Waals surface area contributed by atoms with Crippen LogP contribution >= 0.6 is 0 Å². The smallest absolute Gasteiger partial charge is 0.103 e. The molecule has 0 fully saturated rings. The van der Waals surface area contributed by atoms with Crippen LogP contribution in [0.25, 0.3) is 0 Å². The average Bonchev–Trinajstić information content (AvgIpc) is 2.49. The van der Waals surface area contributed by atoms with Crippen LogP contribution in [-0.2, 0) is 5.54 Å². The maximum atomic E-state index is 4.56. The molecule has 2 heteroatoms. The van der Waals surface area contributed by atoms with Crippen LogP contribution in [0.2, 0.25) is 0 Å². The van der Waals surface area contributed by atoms with Gasteiger partial charge in [0.25, 0.3) is 0 Å². The summed E-state index contributed by atoms with van der Waals surface area (Å²) in [6.45, 7) is 4.11. The highest BCUT2D eigenvalue weighted by molar-refractivity contribution is 5.95. The van der Waals surface area contributed by atoms with Gasteiger partial charge in [0.1, 0.15) is 5.54 Å². The van der Waals surface area contributed by atoms with E-state index >= 15 is 0 Å². The van der Waals surface area contributed by atoms with Crippen molar-refractivity contribution in [2.24, 2.45) is 4.99 Å². The van der Waals surface area contributed by atoms with Crippen molar-refractivity contribution in [3.8, 4) is 0 Å². The maximum Gasteiger partial charge on any atom is 0.103 e. The number of aromatic nitrogens is 1.